The molecule has 8 aromatic carbocycles. The highest BCUT2D eigenvalue weighted by atomic mass is 16.3. The van der Waals surface area contributed by atoms with Gasteiger partial charge < -0.3 is 8.83 Å². The molecule has 194 valence electrons. The van der Waals surface area contributed by atoms with Gasteiger partial charge in [0, 0.05) is 21.5 Å². The minimum Gasteiger partial charge on any atom is -0.456 e. The van der Waals surface area contributed by atoms with Crippen molar-refractivity contribution in [2.45, 2.75) is 0 Å². The first-order chi connectivity index (χ1) is 20.8. The van der Waals surface area contributed by atoms with Crippen molar-refractivity contribution in [2.24, 2.45) is 0 Å². The molecule has 0 amide bonds. The summed E-state index contributed by atoms with van der Waals surface area (Å²) in [7, 11) is 0. The molecular formula is C40H22O2. The van der Waals surface area contributed by atoms with Gasteiger partial charge in [-0.25, -0.2) is 0 Å². The van der Waals surface area contributed by atoms with Crippen molar-refractivity contribution in [1.29, 1.82) is 0 Å². The van der Waals surface area contributed by atoms with Crippen LogP contribution in [-0.4, -0.2) is 0 Å². The van der Waals surface area contributed by atoms with E-state index in [0.29, 0.717) is 0 Å². The van der Waals surface area contributed by atoms with E-state index in [-0.39, 0.29) is 0 Å². The highest BCUT2D eigenvalue weighted by Gasteiger charge is 2.17. The zero-order chi connectivity index (χ0) is 27.4. The molecule has 0 unspecified atom stereocenters. The molecule has 0 bridgehead atoms. The second-order valence-electron chi connectivity index (χ2n) is 11.3. The van der Waals surface area contributed by atoms with Crippen molar-refractivity contribution >= 4 is 76.2 Å². The minimum absolute atomic E-state index is 0.919. The third-order valence-electron chi connectivity index (χ3n) is 9.02. The largest absolute Gasteiger partial charge is 0.456 e. The quantitative estimate of drug-likeness (QED) is 0.206. The Balaban J connectivity index is 1.22. The topological polar surface area (TPSA) is 26.3 Å². The summed E-state index contributed by atoms with van der Waals surface area (Å²) < 4.78 is 12.5. The van der Waals surface area contributed by atoms with Gasteiger partial charge in [0.2, 0.25) is 0 Å². The van der Waals surface area contributed by atoms with Crippen LogP contribution in [0.2, 0.25) is 0 Å². The van der Waals surface area contributed by atoms with Gasteiger partial charge in [0.1, 0.15) is 22.3 Å². The van der Waals surface area contributed by atoms with Crippen molar-refractivity contribution in [3.8, 4) is 22.3 Å². The molecule has 0 radical (unpaired) electrons. The lowest BCUT2D eigenvalue weighted by Crippen LogP contribution is -1.90. The normalized spacial score (nSPS) is 12.3. The van der Waals surface area contributed by atoms with Crippen LogP contribution in [0, 0.1) is 0 Å². The number of benzene rings is 8. The van der Waals surface area contributed by atoms with Crippen LogP contribution in [0.5, 0.6) is 0 Å². The Hall–Kier alpha value is -5.60. The van der Waals surface area contributed by atoms with E-state index < -0.39 is 0 Å². The van der Waals surface area contributed by atoms with Crippen molar-refractivity contribution in [3.05, 3.63) is 133 Å². The molecule has 10 aromatic rings. The number of hydrogen-bond acceptors (Lipinski definition) is 2. The van der Waals surface area contributed by atoms with Gasteiger partial charge in [-0.2, -0.15) is 0 Å². The summed E-state index contributed by atoms with van der Waals surface area (Å²) in [6, 6.07) is 47.8. The van der Waals surface area contributed by atoms with E-state index in [1.807, 2.05) is 24.3 Å². The highest BCUT2D eigenvalue weighted by Crippen LogP contribution is 2.44. The summed E-state index contributed by atoms with van der Waals surface area (Å²) >= 11 is 0. The van der Waals surface area contributed by atoms with Gasteiger partial charge in [0.05, 0.1) is 0 Å². The fraction of sp³-hybridized carbons (Fsp3) is 0. The third-order valence-corrected chi connectivity index (χ3v) is 9.02. The highest BCUT2D eigenvalue weighted by molar-refractivity contribution is 6.28. The molecule has 0 aliphatic rings. The smallest absolute Gasteiger partial charge is 0.136 e. The Labute approximate surface area is 240 Å². The third kappa shape index (κ3) is 2.93. The summed E-state index contributed by atoms with van der Waals surface area (Å²) in [5.41, 5.74) is 8.45. The lowest BCUT2D eigenvalue weighted by molar-refractivity contribution is 0.668. The molecule has 0 N–H and O–H groups in total. The van der Waals surface area contributed by atoms with Gasteiger partial charge in [-0.15, -0.1) is 0 Å². The maximum atomic E-state index is 6.26. The summed E-state index contributed by atoms with van der Waals surface area (Å²) in [5, 5.41) is 12.2. The molecule has 42 heavy (non-hydrogen) atoms. The molecule has 0 aliphatic heterocycles. The van der Waals surface area contributed by atoms with Crippen LogP contribution in [0.15, 0.2) is 142 Å². The van der Waals surface area contributed by atoms with Crippen LogP contribution in [0.1, 0.15) is 0 Å². The molecule has 0 saturated heterocycles. The van der Waals surface area contributed by atoms with Crippen LogP contribution in [0.4, 0.5) is 0 Å². The van der Waals surface area contributed by atoms with Crippen molar-refractivity contribution in [1.82, 2.24) is 0 Å². The Morgan fingerprint density at radius 2 is 0.833 bits per heavy atom. The maximum Gasteiger partial charge on any atom is 0.136 e. The first-order valence-corrected chi connectivity index (χ1v) is 14.3. The number of para-hydroxylation sites is 2. The van der Waals surface area contributed by atoms with Gasteiger partial charge in [-0.1, -0.05) is 91.0 Å². The number of rotatable bonds is 2. The molecule has 2 aromatic heterocycles. The first kappa shape index (κ1) is 22.1. The van der Waals surface area contributed by atoms with Gasteiger partial charge in [0.25, 0.3) is 0 Å². The Kier molecular flexibility index (Phi) is 4.21. The van der Waals surface area contributed by atoms with E-state index in [1.165, 1.54) is 43.4 Å². The average molecular weight is 535 g/mol. The molecular weight excluding hydrogens is 512 g/mol. The summed E-state index contributed by atoms with van der Waals surface area (Å²) in [4.78, 5) is 0. The second kappa shape index (κ2) is 7.99. The predicted molar refractivity (Wildman–Crippen MR) is 176 cm³/mol. The molecule has 2 nitrogen and oxygen atoms in total. The van der Waals surface area contributed by atoms with E-state index in [0.717, 1.165) is 55.0 Å². The monoisotopic (exact) mass is 534 g/mol. The van der Waals surface area contributed by atoms with E-state index >= 15 is 0 Å². The summed E-state index contributed by atoms with van der Waals surface area (Å²) in [6.45, 7) is 0. The SMILES string of the molecule is c1ccc2c(c1)oc1cc(-c3cc4ccc(-c5ccc6c(c5)oc5ccccc56)c5ccc6cccc3c6c45)ccc12. The predicted octanol–water partition coefficient (Wildman–Crippen LogP) is 11.7. The molecule has 2 heterocycles. The average Bonchev–Trinajstić information content (AvgIpc) is 3.60. The van der Waals surface area contributed by atoms with Gasteiger partial charge in [-0.05, 0) is 97.0 Å². The van der Waals surface area contributed by atoms with Crippen LogP contribution < -0.4 is 0 Å². The summed E-state index contributed by atoms with van der Waals surface area (Å²) in [5.74, 6) is 0. The fourth-order valence-corrected chi connectivity index (χ4v) is 7.11. The van der Waals surface area contributed by atoms with Crippen molar-refractivity contribution < 1.29 is 8.83 Å². The molecule has 0 spiro atoms. The second-order valence-corrected chi connectivity index (χ2v) is 11.3. The first-order valence-electron chi connectivity index (χ1n) is 14.3. The fourth-order valence-electron chi connectivity index (χ4n) is 7.11. The Bertz CT molecular complexity index is 2680. The van der Waals surface area contributed by atoms with Crippen molar-refractivity contribution in [2.75, 3.05) is 0 Å². The number of fused-ring (bicyclic) bond motifs is 6. The lowest BCUT2D eigenvalue weighted by atomic mass is 9.86. The molecule has 0 aliphatic carbocycles. The number of hydrogen-bond donors (Lipinski definition) is 0. The van der Waals surface area contributed by atoms with Crippen molar-refractivity contribution in [3.63, 3.8) is 0 Å². The van der Waals surface area contributed by atoms with Crippen LogP contribution in [0.25, 0.3) is 98.4 Å². The summed E-state index contributed by atoms with van der Waals surface area (Å²) in [6.07, 6.45) is 0. The van der Waals surface area contributed by atoms with Gasteiger partial charge in [-0.3, -0.25) is 0 Å². The molecule has 0 saturated carbocycles. The molecule has 2 heteroatoms. The molecule has 0 atom stereocenters. The zero-order valence-electron chi connectivity index (χ0n) is 22.5. The zero-order valence-corrected chi connectivity index (χ0v) is 22.5. The maximum absolute atomic E-state index is 6.26. The van der Waals surface area contributed by atoms with E-state index in [1.54, 1.807) is 0 Å². The Morgan fingerprint density at radius 3 is 1.55 bits per heavy atom. The van der Waals surface area contributed by atoms with E-state index in [9.17, 15) is 0 Å². The van der Waals surface area contributed by atoms with Crippen LogP contribution >= 0.6 is 0 Å². The Morgan fingerprint density at radius 1 is 0.310 bits per heavy atom. The standard InChI is InChI=1S/C40H22O2/c1-3-10-35-28(7-1)30-17-13-24(21-37(30)41-35)27-16-15-26-20-34(32-9-5-6-23-12-19-33(27)40(26)39(23)32)25-14-18-31-29-8-2-4-11-36(29)42-38(31)22-25/h1-22H. The van der Waals surface area contributed by atoms with Gasteiger partial charge >= 0.3 is 0 Å². The van der Waals surface area contributed by atoms with Gasteiger partial charge in [0.15, 0.2) is 0 Å². The molecule has 0 fully saturated rings. The van der Waals surface area contributed by atoms with Crippen LogP contribution in [0.3, 0.4) is 0 Å². The molecule has 10 rings (SSSR count). The van der Waals surface area contributed by atoms with Crippen LogP contribution in [-0.2, 0) is 0 Å². The van der Waals surface area contributed by atoms with E-state index in [4.69, 9.17) is 8.83 Å². The van der Waals surface area contributed by atoms with E-state index in [2.05, 4.69) is 109 Å². The minimum atomic E-state index is 0.919. The number of furan rings is 2. The lowest BCUT2D eigenvalue weighted by Gasteiger charge is -2.17.